The van der Waals surface area contributed by atoms with E-state index in [9.17, 15) is 4.79 Å². The number of hydrogen-bond donors (Lipinski definition) is 2. The van der Waals surface area contributed by atoms with Gasteiger partial charge in [-0.3, -0.25) is 9.69 Å². The van der Waals surface area contributed by atoms with Crippen LogP contribution in [0.4, 0.5) is 5.95 Å². The normalized spacial score (nSPS) is 28.7. The lowest BCUT2D eigenvalue weighted by Crippen LogP contribution is -2.50. The molecule has 7 heteroatoms. The molecule has 0 radical (unpaired) electrons. The molecule has 2 aromatic heterocycles. The summed E-state index contributed by atoms with van der Waals surface area (Å²) in [5.74, 6) is 0.993. The highest BCUT2D eigenvalue weighted by Crippen LogP contribution is 2.45. The Morgan fingerprint density at radius 3 is 2.59 bits per heavy atom. The molecule has 2 aliphatic carbocycles. The number of rotatable bonds is 3. The van der Waals surface area contributed by atoms with Gasteiger partial charge in [-0.05, 0) is 51.0 Å². The Morgan fingerprint density at radius 2 is 1.81 bits per heavy atom. The highest BCUT2D eigenvalue weighted by Gasteiger charge is 2.41. The molecule has 2 saturated carbocycles. The molecule has 0 unspecified atom stereocenters. The summed E-state index contributed by atoms with van der Waals surface area (Å²) in [5, 5.41) is 8.11. The monoisotopic (exact) mass is 436 g/mol. The molecule has 0 aromatic carbocycles. The molecular weight excluding hydrogens is 400 g/mol. The van der Waals surface area contributed by atoms with Gasteiger partial charge >= 0.3 is 0 Å². The average molecular weight is 437 g/mol. The van der Waals surface area contributed by atoms with Crippen LogP contribution >= 0.6 is 0 Å². The van der Waals surface area contributed by atoms with Crippen molar-refractivity contribution in [1.82, 2.24) is 24.8 Å². The maximum Gasteiger partial charge on any atom is 0.224 e. The molecular formula is C25H36N6O. The molecule has 1 saturated heterocycles. The van der Waals surface area contributed by atoms with Crippen molar-refractivity contribution in [2.45, 2.75) is 88.3 Å². The van der Waals surface area contributed by atoms with Gasteiger partial charge in [-0.1, -0.05) is 19.3 Å². The van der Waals surface area contributed by atoms with E-state index in [-0.39, 0.29) is 11.3 Å². The summed E-state index contributed by atoms with van der Waals surface area (Å²) in [4.78, 5) is 25.1. The molecule has 4 aliphatic rings. The van der Waals surface area contributed by atoms with Gasteiger partial charge in [-0.2, -0.15) is 4.98 Å². The predicted molar refractivity (Wildman–Crippen MR) is 126 cm³/mol. The molecule has 3 fully saturated rings. The Hall–Kier alpha value is -1.99. The van der Waals surface area contributed by atoms with E-state index >= 15 is 0 Å². The fourth-order valence-electron chi connectivity index (χ4n) is 6.83. The van der Waals surface area contributed by atoms with E-state index in [0.29, 0.717) is 12.5 Å². The number of ketones is 1. The zero-order valence-electron chi connectivity index (χ0n) is 19.1. The number of Topliss-reactive ketones (excluding diaryl/α,β-unsaturated/α-hetero) is 1. The van der Waals surface area contributed by atoms with Crippen molar-refractivity contribution in [1.29, 1.82) is 0 Å². The molecule has 2 aliphatic heterocycles. The summed E-state index contributed by atoms with van der Waals surface area (Å²) in [7, 11) is 0. The fraction of sp³-hybridized carbons (Fsp3) is 0.720. The van der Waals surface area contributed by atoms with Crippen molar-refractivity contribution < 1.29 is 4.79 Å². The number of carbonyl (C=O) groups is 1. The number of nitrogens with zero attached hydrogens (tertiary/aromatic N) is 4. The zero-order valence-corrected chi connectivity index (χ0v) is 19.1. The van der Waals surface area contributed by atoms with Crippen LogP contribution in [0, 0.1) is 0 Å². The molecule has 6 rings (SSSR count). The second-order valence-corrected chi connectivity index (χ2v) is 10.5. The smallest absolute Gasteiger partial charge is 0.224 e. The summed E-state index contributed by atoms with van der Waals surface area (Å²) in [6, 6.07) is 3.20. The van der Waals surface area contributed by atoms with Gasteiger partial charge in [-0.25, -0.2) is 4.98 Å². The van der Waals surface area contributed by atoms with Crippen molar-refractivity contribution in [2.24, 2.45) is 0 Å². The van der Waals surface area contributed by atoms with E-state index in [1.165, 1.54) is 70.9 Å². The minimum absolute atomic E-state index is 0.0796. The summed E-state index contributed by atoms with van der Waals surface area (Å²) in [6.45, 7) is 4.61. The number of hydrogen-bond acceptors (Lipinski definition) is 6. The number of nitrogens with one attached hydrogen (secondary N) is 2. The Bertz CT molecular complexity index is 980. The standard InChI is InChI=1S/C25H36N6O/c32-22-8-11-25(9-2-1-3-10-25)31-21(22)16-18-17-27-24(29-23(18)31)28-19-4-6-20(7-5-19)30-14-12-26-13-15-30/h16-17,19-20,26H,1-15H2,(H,27,28,29). The van der Waals surface area contributed by atoms with Crippen LogP contribution in [0.25, 0.3) is 11.0 Å². The van der Waals surface area contributed by atoms with Crippen LogP contribution in [-0.2, 0) is 5.54 Å². The molecule has 7 nitrogen and oxygen atoms in total. The molecule has 32 heavy (non-hydrogen) atoms. The third-order valence-corrected chi connectivity index (χ3v) is 8.60. The first-order valence-electron chi connectivity index (χ1n) is 12.9. The Labute approximate surface area is 190 Å². The number of aromatic nitrogens is 3. The van der Waals surface area contributed by atoms with Gasteiger partial charge in [0.2, 0.25) is 5.95 Å². The minimum Gasteiger partial charge on any atom is -0.351 e. The lowest BCUT2D eigenvalue weighted by molar-refractivity contribution is 0.0852. The van der Waals surface area contributed by atoms with E-state index in [0.717, 1.165) is 48.2 Å². The number of fused-ring (bicyclic) bond motifs is 4. The summed E-state index contributed by atoms with van der Waals surface area (Å²) in [6.07, 6.45) is 14.5. The quantitative estimate of drug-likeness (QED) is 0.764. The molecule has 2 aromatic rings. The second kappa shape index (κ2) is 8.41. The highest BCUT2D eigenvalue weighted by atomic mass is 16.1. The minimum atomic E-state index is 0.0796. The maximum atomic E-state index is 12.8. The van der Waals surface area contributed by atoms with Crippen LogP contribution in [0.3, 0.4) is 0 Å². The lowest BCUT2D eigenvalue weighted by atomic mass is 9.75. The molecule has 0 amide bonds. The molecule has 0 bridgehead atoms. The second-order valence-electron chi connectivity index (χ2n) is 10.5. The van der Waals surface area contributed by atoms with Crippen molar-refractivity contribution in [3.63, 3.8) is 0 Å². The molecule has 172 valence electrons. The SMILES string of the molecule is O=C1CCC2(CCCCC2)n2c1cc1cnc(NC3CCC(N4CCNCC4)CC3)nc12. The van der Waals surface area contributed by atoms with E-state index in [1.807, 2.05) is 12.3 Å². The van der Waals surface area contributed by atoms with E-state index in [2.05, 4.69) is 25.1 Å². The fourth-order valence-corrected chi connectivity index (χ4v) is 6.83. The van der Waals surface area contributed by atoms with Gasteiger partial charge in [-0.15, -0.1) is 0 Å². The first-order chi connectivity index (χ1) is 15.7. The molecule has 1 spiro atoms. The van der Waals surface area contributed by atoms with Crippen LogP contribution in [0.5, 0.6) is 0 Å². The van der Waals surface area contributed by atoms with Crippen LogP contribution < -0.4 is 10.6 Å². The van der Waals surface area contributed by atoms with E-state index < -0.39 is 0 Å². The maximum absolute atomic E-state index is 12.8. The van der Waals surface area contributed by atoms with Crippen molar-refractivity contribution in [3.8, 4) is 0 Å². The van der Waals surface area contributed by atoms with Gasteiger partial charge < -0.3 is 15.2 Å². The van der Waals surface area contributed by atoms with Crippen molar-refractivity contribution in [2.75, 3.05) is 31.5 Å². The summed E-state index contributed by atoms with van der Waals surface area (Å²) < 4.78 is 2.32. The molecule has 4 heterocycles. The van der Waals surface area contributed by atoms with Crippen molar-refractivity contribution in [3.05, 3.63) is 18.0 Å². The lowest BCUT2D eigenvalue weighted by Gasteiger charge is -2.42. The van der Waals surface area contributed by atoms with Gasteiger partial charge in [0, 0.05) is 61.8 Å². The first kappa shape index (κ1) is 20.6. The van der Waals surface area contributed by atoms with Gasteiger partial charge in [0.05, 0.1) is 5.69 Å². The van der Waals surface area contributed by atoms with Crippen LogP contribution in [0.15, 0.2) is 12.3 Å². The third-order valence-electron chi connectivity index (χ3n) is 8.60. The van der Waals surface area contributed by atoms with Crippen LogP contribution in [0.1, 0.15) is 81.1 Å². The Kier molecular flexibility index (Phi) is 5.42. The van der Waals surface area contributed by atoms with E-state index in [1.54, 1.807) is 0 Å². The Balaban J connectivity index is 1.22. The van der Waals surface area contributed by atoms with Crippen LogP contribution in [0.2, 0.25) is 0 Å². The summed E-state index contributed by atoms with van der Waals surface area (Å²) >= 11 is 0. The van der Waals surface area contributed by atoms with E-state index in [4.69, 9.17) is 4.98 Å². The third kappa shape index (κ3) is 3.63. The largest absolute Gasteiger partial charge is 0.351 e. The topological polar surface area (TPSA) is 75.1 Å². The molecule has 0 atom stereocenters. The zero-order chi connectivity index (χ0) is 21.5. The van der Waals surface area contributed by atoms with Gasteiger partial charge in [0.25, 0.3) is 0 Å². The number of piperazine rings is 1. The predicted octanol–water partition coefficient (Wildman–Crippen LogP) is 3.70. The van der Waals surface area contributed by atoms with Crippen LogP contribution in [-0.4, -0.2) is 63.5 Å². The number of anilines is 1. The van der Waals surface area contributed by atoms with Gasteiger partial charge in [0.1, 0.15) is 5.65 Å². The van der Waals surface area contributed by atoms with Crippen molar-refractivity contribution >= 4 is 22.8 Å². The highest BCUT2D eigenvalue weighted by molar-refractivity contribution is 6.00. The number of carbonyl (C=O) groups excluding carboxylic acids is 1. The molecule has 2 N–H and O–H groups in total. The Morgan fingerprint density at radius 1 is 1.03 bits per heavy atom. The first-order valence-corrected chi connectivity index (χ1v) is 12.9. The van der Waals surface area contributed by atoms with Gasteiger partial charge in [0.15, 0.2) is 5.78 Å². The average Bonchev–Trinajstić information content (AvgIpc) is 3.24. The summed E-state index contributed by atoms with van der Waals surface area (Å²) in [5.41, 5.74) is 1.90.